The number of rotatable bonds is 0. The summed E-state index contributed by atoms with van der Waals surface area (Å²) >= 11 is 6.11. The first-order valence-corrected chi connectivity index (χ1v) is 4.72. The number of hydrogen-bond donors (Lipinski definition) is 0. The maximum absolute atomic E-state index is 6.11. The van der Waals surface area contributed by atoms with Crippen LogP contribution < -0.4 is 0 Å². The molecule has 0 spiro atoms. The zero-order chi connectivity index (χ0) is 9.42. The van der Waals surface area contributed by atoms with Gasteiger partial charge in [-0.1, -0.05) is 41.4 Å². The number of hydrogen-bond acceptors (Lipinski definition) is 0. The van der Waals surface area contributed by atoms with Gasteiger partial charge in [-0.25, -0.2) is 0 Å². The van der Waals surface area contributed by atoms with E-state index in [4.69, 9.17) is 11.6 Å². The predicted octanol–water partition coefficient (Wildman–Crippen LogP) is 4.11. The third-order valence-electron chi connectivity index (χ3n) is 2.27. The third-order valence-corrected chi connectivity index (χ3v) is 2.58. The first-order valence-electron chi connectivity index (χ1n) is 4.34. The molecule has 0 aliphatic heterocycles. The Kier molecular flexibility index (Phi) is 2.01. The van der Waals surface area contributed by atoms with Gasteiger partial charge in [0.25, 0.3) is 0 Å². The maximum Gasteiger partial charge on any atom is 0.0487 e. The second kappa shape index (κ2) is 3.04. The standard InChI is InChI=1S/C12H11Cl/c1-8-6-9(2)12-10(7-8)4-3-5-11(12)13/h3-7H,1-2H3. The highest BCUT2D eigenvalue weighted by Crippen LogP contribution is 2.27. The van der Waals surface area contributed by atoms with Gasteiger partial charge in [0, 0.05) is 10.4 Å². The molecule has 0 atom stereocenters. The molecule has 0 amide bonds. The Balaban J connectivity index is 2.94. The van der Waals surface area contributed by atoms with E-state index >= 15 is 0 Å². The van der Waals surface area contributed by atoms with Crippen LogP contribution in [-0.4, -0.2) is 0 Å². The monoisotopic (exact) mass is 190 g/mol. The Morgan fingerprint density at radius 3 is 2.62 bits per heavy atom. The van der Waals surface area contributed by atoms with Gasteiger partial charge >= 0.3 is 0 Å². The van der Waals surface area contributed by atoms with E-state index in [1.54, 1.807) is 0 Å². The summed E-state index contributed by atoms with van der Waals surface area (Å²) in [5.41, 5.74) is 2.54. The van der Waals surface area contributed by atoms with E-state index in [1.807, 2.05) is 12.1 Å². The Morgan fingerprint density at radius 2 is 1.85 bits per heavy atom. The fourth-order valence-electron chi connectivity index (χ4n) is 1.78. The van der Waals surface area contributed by atoms with Crippen LogP contribution in [0.1, 0.15) is 11.1 Å². The number of aryl methyl sites for hydroxylation is 2. The predicted molar refractivity (Wildman–Crippen MR) is 58.4 cm³/mol. The van der Waals surface area contributed by atoms with Crippen LogP contribution in [-0.2, 0) is 0 Å². The molecule has 2 aromatic carbocycles. The van der Waals surface area contributed by atoms with Crippen LogP contribution in [0.15, 0.2) is 30.3 Å². The average Bonchev–Trinajstić information content (AvgIpc) is 2.02. The molecule has 13 heavy (non-hydrogen) atoms. The van der Waals surface area contributed by atoms with Crippen molar-refractivity contribution in [3.05, 3.63) is 46.5 Å². The highest BCUT2D eigenvalue weighted by atomic mass is 35.5. The summed E-state index contributed by atoms with van der Waals surface area (Å²) in [4.78, 5) is 0. The van der Waals surface area contributed by atoms with Gasteiger partial charge in [-0.2, -0.15) is 0 Å². The van der Waals surface area contributed by atoms with Crippen molar-refractivity contribution < 1.29 is 0 Å². The quantitative estimate of drug-likeness (QED) is 0.587. The SMILES string of the molecule is Cc1cc(C)c2c(Cl)cccc2c1. The Labute approximate surface area is 83.1 Å². The molecule has 2 aromatic rings. The van der Waals surface area contributed by atoms with E-state index in [0.717, 1.165) is 5.02 Å². The van der Waals surface area contributed by atoms with Gasteiger partial charge in [-0.15, -0.1) is 0 Å². The second-order valence-electron chi connectivity index (χ2n) is 3.42. The molecule has 0 radical (unpaired) electrons. The Bertz CT molecular complexity index is 458. The molecule has 0 saturated heterocycles. The van der Waals surface area contributed by atoms with Crippen molar-refractivity contribution in [2.45, 2.75) is 13.8 Å². The molecule has 0 aliphatic carbocycles. The van der Waals surface area contributed by atoms with Crippen LogP contribution in [0.5, 0.6) is 0 Å². The molecule has 1 heteroatoms. The zero-order valence-corrected chi connectivity index (χ0v) is 8.52. The minimum atomic E-state index is 0.843. The molecule has 0 unspecified atom stereocenters. The van der Waals surface area contributed by atoms with E-state index in [-0.39, 0.29) is 0 Å². The van der Waals surface area contributed by atoms with Crippen LogP contribution in [0, 0.1) is 13.8 Å². The van der Waals surface area contributed by atoms with Crippen molar-refractivity contribution in [1.29, 1.82) is 0 Å². The summed E-state index contributed by atoms with van der Waals surface area (Å²) in [6.45, 7) is 4.20. The molecular formula is C12H11Cl. The van der Waals surface area contributed by atoms with E-state index < -0.39 is 0 Å². The van der Waals surface area contributed by atoms with Crippen molar-refractivity contribution in [3.8, 4) is 0 Å². The van der Waals surface area contributed by atoms with Crippen molar-refractivity contribution in [3.63, 3.8) is 0 Å². The fraction of sp³-hybridized carbons (Fsp3) is 0.167. The summed E-state index contributed by atoms with van der Waals surface area (Å²) in [6, 6.07) is 10.3. The van der Waals surface area contributed by atoms with Gasteiger partial charge in [0.15, 0.2) is 0 Å². The molecule has 0 saturated carbocycles. The van der Waals surface area contributed by atoms with Gasteiger partial charge in [0.1, 0.15) is 0 Å². The molecule has 0 fully saturated rings. The fourth-order valence-corrected chi connectivity index (χ4v) is 2.11. The largest absolute Gasteiger partial charge is 0.0837 e. The van der Waals surface area contributed by atoms with E-state index in [2.05, 4.69) is 32.0 Å². The minimum absolute atomic E-state index is 0.843. The molecule has 0 aromatic heterocycles. The zero-order valence-electron chi connectivity index (χ0n) is 7.76. The van der Waals surface area contributed by atoms with Crippen LogP contribution in [0.2, 0.25) is 5.02 Å². The molecule has 0 nitrogen and oxygen atoms in total. The maximum atomic E-state index is 6.11. The smallest absolute Gasteiger partial charge is 0.0487 e. The van der Waals surface area contributed by atoms with Crippen molar-refractivity contribution >= 4 is 22.4 Å². The first kappa shape index (κ1) is 8.58. The lowest BCUT2D eigenvalue weighted by Crippen LogP contribution is -1.82. The number of halogens is 1. The molecule has 2 rings (SSSR count). The molecule has 66 valence electrons. The molecule has 0 bridgehead atoms. The third kappa shape index (κ3) is 1.42. The number of benzene rings is 2. The van der Waals surface area contributed by atoms with E-state index in [0.29, 0.717) is 0 Å². The van der Waals surface area contributed by atoms with Crippen LogP contribution >= 0.6 is 11.6 Å². The highest BCUT2D eigenvalue weighted by molar-refractivity contribution is 6.35. The summed E-state index contributed by atoms with van der Waals surface area (Å²) in [5.74, 6) is 0. The molecular weight excluding hydrogens is 180 g/mol. The molecule has 0 N–H and O–H groups in total. The van der Waals surface area contributed by atoms with E-state index in [9.17, 15) is 0 Å². The first-order chi connectivity index (χ1) is 6.18. The lowest BCUT2D eigenvalue weighted by molar-refractivity contribution is 1.43. The van der Waals surface area contributed by atoms with Crippen LogP contribution in [0.25, 0.3) is 10.8 Å². The molecule has 0 aliphatic rings. The Morgan fingerprint density at radius 1 is 1.08 bits per heavy atom. The molecule has 0 heterocycles. The van der Waals surface area contributed by atoms with Crippen molar-refractivity contribution in [2.24, 2.45) is 0 Å². The van der Waals surface area contributed by atoms with E-state index in [1.165, 1.54) is 21.9 Å². The van der Waals surface area contributed by atoms with Gasteiger partial charge < -0.3 is 0 Å². The van der Waals surface area contributed by atoms with Gasteiger partial charge in [0.05, 0.1) is 0 Å². The van der Waals surface area contributed by atoms with Gasteiger partial charge in [0.2, 0.25) is 0 Å². The summed E-state index contributed by atoms with van der Waals surface area (Å²) in [7, 11) is 0. The topological polar surface area (TPSA) is 0 Å². The van der Waals surface area contributed by atoms with Crippen LogP contribution in [0.3, 0.4) is 0 Å². The highest BCUT2D eigenvalue weighted by Gasteiger charge is 2.01. The minimum Gasteiger partial charge on any atom is -0.0837 e. The summed E-state index contributed by atoms with van der Waals surface area (Å²) in [5, 5.41) is 3.25. The van der Waals surface area contributed by atoms with Gasteiger partial charge in [-0.05, 0) is 30.9 Å². The Hall–Kier alpha value is -1.01. The lowest BCUT2D eigenvalue weighted by Gasteiger charge is -2.05. The van der Waals surface area contributed by atoms with Crippen LogP contribution in [0.4, 0.5) is 0 Å². The lowest BCUT2D eigenvalue weighted by atomic mass is 10.0. The van der Waals surface area contributed by atoms with Crippen molar-refractivity contribution in [2.75, 3.05) is 0 Å². The second-order valence-corrected chi connectivity index (χ2v) is 3.83. The summed E-state index contributed by atoms with van der Waals surface area (Å²) in [6.07, 6.45) is 0. The number of fused-ring (bicyclic) bond motifs is 1. The normalized spacial score (nSPS) is 10.7. The van der Waals surface area contributed by atoms with Crippen molar-refractivity contribution in [1.82, 2.24) is 0 Å². The average molecular weight is 191 g/mol. The van der Waals surface area contributed by atoms with Gasteiger partial charge in [-0.3, -0.25) is 0 Å². The summed E-state index contributed by atoms with van der Waals surface area (Å²) < 4.78 is 0.